The summed E-state index contributed by atoms with van der Waals surface area (Å²) in [7, 11) is -0.386. The van der Waals surface area contributed by atoms with E-state index in [2.05, 4.69) is 20.1 Å². The zero-order valence-corrected chi connectivity index (χ0v) is 10.7. The molecule has 0 amide bonds. The smallest absolute Gasteiger partial charge is 0.430 e. The first-order valence-corrected chi connectivity index (χ1v) is 6.52. The number of aliphatic hydroxyl groups is 1. The molecular weight excluding hydrogens is 263 g/mol. The van der Waals surface area contributed by atoms with E-state index in [-0.39, 0.29) is 21.0 Å². The first kappa shape index (κ1) is 15.3. The van der Waals surface area contributed by atoms with Gasteiger partial charge in [0, 0.05) is 6.04 Å². The van der Waals surface area contributed by atoms with E-state index in [0.717, 1.165) is 25.7 Å². The van der Waals surface area contributed by atoms with E-state index < -0.39 is 18.7 Å². The third kappa shape index (κ3) is 4.83. The van der Waals surface area contributed by atoms with E-state index in [1.54, 1.807) is 0 Å². The summed E-state index contributed by atoms with van der Waals surface area (Å²) in [5, 5.41) is 11.2. The van der Waals surface area contributed by atoms with Gasteiger partial charge in [-0.05, 0) is 12.8 Å². The summed E-state index contributed by atoms with van der Waals surface area (Å²) in [5.74, 6) is -2.46. The Kier molecular flexibility index (Phi) is 7.07. The number of ether oxygens (including phenoxy) is 1. The van der Waals surface area contributed by atoms with Gasteiger partial charge in [0.05, 0.1) is 15.0 Å². The number of carbonyl (C=O) groups excluding carboxylic acids is 2. The van der Waals surface area contributed by atoms with Gasteiger partial charge in [0.2, 0.25) is 0 Å². The maximum absolute atomic E-state index is 11.1. The lowest BCUT2D eigenvalue weighted by Crippen LogP contribution is -2.48. The lowest BCUT2D eigenvalue weighted by molar-refractivity contribution is -0.178. The van der Waals surface area contributed by atoms with Gasteiger partial charge in [-0.1, -0.05) is 12.8 Å². The molecule has 1 rings (SSSR count). The molecule has 0 aliphatic heterocycles. The van der Waals surface area contributed by atoms with Crippen molar-refractivity contribution < 1.29 is 29.2 Å². The van der Waals surface area contributed by atoms with Crippen molar-refractivity contribution in [1.29, 1.82) is 0 Å². The van der Waals surface area contributed by atoms with Crippen molar-refractivity contribution in [3.8, 4) is 0 Å². The van der Waals surface area contributed by atoms with Crippen LogP contribution in [-0.4, -0.2) is 40.8 Å². The van der Waals surface area contributed by atoms with Gasteiger partial charge < -0.3 is 19.6 Å². The number of esters is 1. The van der Waals surface area contributed by atoms with Gasteiger partial charge in [0.1, 0.15) is 0 Å². The molecule has 18 heavy (non-hydrogen) atoms. The summed E-state index contributed by atoms with van der Waals surface area (Å²) in [5.41, 5.74) is 2.49. The summed E-state index contributed by atoms with van der Waals surface area (Å²) >= 11 is 0. The Bertz CT molecular complexity index is 288. The highest BCUT2D eigenvalue weighted by Crippen LogP contribution is 2.20. The lowest BCUT2D eigenvalue weighted by atomic mass is 9.92. The molecule has 3 unspecified atom stereocenters. The molecule has 1 fully saturated rings. The van der Waals surface area contributed by atoms with Crippen molar-refractivity contribution in [3.63, 3.8) is 0 Å². The highest BCUT2D eigenvalue weighted by Gasteiger charge is 2.27. The van der Waals surface area contributed by atoms with Crippen molar-refractivity contribution in [3.05, 3.63) is 0 Å². The topological polar surface area (TPSA) is 117 Å². The highest BCUT2D eigenvalue weighted by atomic mass is 31.1. The second kappa shape index (κ2) is 8.34. The van der Waals surface area contributed by atoms with E-state index in [1.165, 1.54) is 0 Å². The maximum Gasteiger partial charge on any atom is 0.436 e. The van der Waals surface area contributed by atoms with Crippen LogP contribution in [0.2, 0.25) is 0 Å². The summed E-state index contributed by atoms with van der Waals surface area (Å²) in [6.07, 6.45) is 3.62. The summed E-state index contributed by atoms with van der Waals surface area (Å²) in [6.45, 7) is -0.868. The Morgan fingerprint density at radius 2 is 1.89 bits per heavy atom. The molecule has 1 aliphatic rings. The molecule has 0 aromatic carbocycles. The predicted molar refractivity (Wildman–Crippen MR) is 62.1 cm³/mol. The molecule has 104 valence electrons. The molecule has 4 N–H and O–H groups in total. The maximum atomic E-state index is 11.1. The van der Waals surface area contributed by atoms with Gasteiger partial charge in [0.15, 0.2) is 6.79 Å². The molecule has 0 saturated heterocycles. The van der Waals surface area contributed by atoms with Crippen LogP contribution in [0.1, 0.15) is 25.7 Å². The summed E-state index contributed by atoms with van der Waals surface area (Å²) in [6, 6.07) is -0.173. The van der Waals surface area contributed by atoms with Gasteiger partial charge in [-0.3, -0.25) is 5.09 Å². The number of hydrogen-bond donors (Lipinski definition) is 4. The molecule has 9 heteroatoms. The number of carbonyl (C=O) groups is 2. The molecule has 1 aliphatic carbocycles. The fourth-order valence-electron chi connectivity index (χ4n) is 1.82. The third-order valence-electron chi connectivity index (χ3n) is 2.68. The fourth-order valence-corrected chi connectivity index (χ4v) is 2.33. The molecule has 8 nitrogen and oxygen atoms in total. The molecule has 1 saturated carbocycles. The Hall–Kier alpha value is -0.790. The van der Waals surface area contributed by atoms with Gasteiger partial charge in [0.25, 0.3) is 0 Å². The minimum atomic E-state index is -1.26. The molecule has 0 spiro atoms. The average molecular weight is 280 g/mol. The number of rotatable bonds is 5. The Morgan fingerprint density at radius 1 is 1.22 bits per heavy atom. The van der Waals surface area contributed by atoms with Crippen LogP contribution >= 0.6 is 8.96 Å². The number of aliphatic hydroxyl groups excluding tert-OH is 1. The molecule has 0 aromatic heterocycles. The molecular formula is C9H17N2O6P. The third-order valence-corrected chi connectivity index (χ3v) is 3.18. The minimum absolute atomic E-state index is 0.0104. The van der Waals surface area contributed by atoms with Crippen molar-refractivity contribution in [2.45, 2.75) is 37.8 Å². The van der Waals surface area contributed by atoms with Crippen molar-refractivity contribution in [1.82, 2.24) is 10.6 Å². The fraction of sp³-hybridized carbons (Fsp3) is 0.778. The Morgan fingerprint density at radius 3 is 2.50 bits per heavy atom. The normalized spacial score (nSPS) is 24.1. The van der Waals surface area contributed by atoms with E-state index >= 15 is 0 Å². The SMILES string of the molecule is O=C(OCO)C(=O)ONC1CCCCC1NPO. The zero-order valence-electron chi connectivity index (χ0n) is 9.72. The van der Waals surface area contributed by atoms with E-state index in [0.29, 0.717) is 0 Å². The molecule has 0 aromatic rings. The van der Waals surface area contributed by atoms with Gasteiger partial charge in [-0.15, -0.1) is 5.48 Å². The second-order valence-electron chi connectivity index (χ2n) is 3.82. The van der Waals surface area contributed by atoms with Crippen LogP contribution in [0.5, 0.6) is 0 Å². The Labute approximate surface area is 106 Å². The number of hydroxylamine groups is 1. The zero-order chi connectivity index (χ0) is 13.4. The monoisotopic (exact) mass is 280 g/mol. The highest BCUT2D eigenvalue weighted by molar-refractivity contribution is 7.28. The molecule has 0 radical (unpaired) electrons. The average Bonchev–Trinajstić information content (AvgIpc) is 2.38. The van der Waals surface area contributed by atoms with Crippen LogP contribution in [-0.2, 0) is 19.2 Å². The Balaban J connectivity index is 2.35. The summed E-state index contributed by atoms with van der Waals surface area (Å²) in [4.78, 5) is 35.4. The first-order valence-electron chi connectivity index (χ1n) is 5.58. The van der Waals surface area contributed by atoms with Crippen molar-refractivity contribution in [2.75, 3.05) is 6.79 Å². The van der Waals surface area contributed by atoms with Gasteiger partial charge >= 0.3 is 11.9 Å². The number of hydrogen-bond acceptors (Lipinski definition) is 8. The minimum Gasteiger partial charge on any atom is -0.430 e. The quantitative estimate of drug-likeness (QED) is 0.165. The van der Waals surface area contributed by atoms with Crippen LogP contribution in [0.15, 0.2) is 0 Å². The molecule has 3 atom stereocenters. The largest absolute Gasteiger partial charge is 0.436 e. The first-order chi connectivity index (χ1) is 8.69. The standard InChI is InChI=1S/C9H17N2O6P/c12-5-16-8(13)9(14)17-10-6-3-1-2-4-7(6)11-18-15/h6-7,10-12,15,18H,1-5H2. The van der Waals surface area contributed by atoms with Crippen LogP contribution in [0, 0.1) is 0 Å². The van der Waals surface area contributed by atoms with Crippen LogP contribution in [0.3, 0.4) is 0 Å². The lowest BCUT2D eigenvalue weighted by Gasteiger charge is -2.31. The van der Waals surface area contributed by atoms with E-state index in [4.69, 9.17) is 10.00 Å². The predicted octanol–water partition coefficient (Wildman–Crippen LogP) is -1.07. The second-order valence-corrected chi connectivity index (χ2v) is 4.33. The summed E-state index contributed by atoms with van der Waals surface area (Å²) < 4.78 is 4.07. The van der Waals surface area contributed by atoms with Crippen molar-refractivity contribution >= 4 is 20.9 Å². The number of nitrogens with one attached hydrogen (secondary N) is 2. The van der Waals surface area contributed by atoms with E-state index in [1.807, 2.05) is 0 Å². The van der Waals surface area contributed by atoms with Crippen molar-refractivity contribution in [2.24, 2.45) is 0 Å². The van der Waals surface area contributed by atoms with Crippen LogP contribution < -0.4 is 10.6 Å². The molecule has 0 bridgehead atoms. The van der Waals surface area contributed by atoms with Crippen LogP contribution in [0.4, 0.5) is 0 Å². The van der Waals surface area contributed by atoms with Crippen LogP contribution in [0.25, 0.3) is 0 Å². The molecule has 0 heterocycles. The van der Waals surface area contributed by atoms with Gasteiger partial charge in [-0.2, -0.15) is 0 Å². The van der Waals surface area contributed by atoms with Gasteiger partial charge in [-0.25, -0.2) is 9.59 Å². The van der Waals surface area contributed by atoms with E-state index in [9.17, 15) is 9.59 Å².